The molecule has 0 aliphatic heterocycles. The van der Waals surface area contributed by atoms with Crippen LogP contribution in [0.4, 0.5) is 0 Å². The second kappa shape index (κ2) is 36.2. The van der Waals surface area contributed by atoms with Crippen molar-refractivity contribution in [2.75, 3.05) is 5.75 Å². The first-order valence-electron chi connectivity index (χ1n) is 21.1. The second-order valence-corrected chi connectivity index (χ2v) is 16.3. The van der Waals surface area contributed by atoms with Gasteiger partial charge in [0.15, 0.2) is 0 Å². The van der Waals surface area contributed by atoms with Gasteiger partial charge < -0.3 is 15.5 Å². The summed E-state index contributed by atoms with van der Waals surface area (Å²) in [7, 11) is -4.44. The van der Waals surface area contributed by atoms with E-state index in [1.165, 1.54) is 147 Å². The zero-order chi connectivity index (χ0) is 37.0. The fraction of sp³-hybridized carbons (Fsp3) is 0.881. The molecule has 3 unspecified atom stereocenters. The second-order valence-electron chi connectivity index (χ2n) is 14.8. The van der Waals surface area contributed by atoms with Crippen molar-refractivity contribution < 1.29 is 28.0 Å². The summed E-state index contributed by atoms with van der Waals surface area (Å²) >= 11 is 0. The van der Waals surface area contributed by atoms with Crippen LogP contribution in [0.2, 0.25) is 0 Å². The van der Waals surface area contributed by atoms with Crippen LogP contribution in [0.3, 0.4) is 0 Å². The van der Waals surface area contributed by atoms with Crippen LogP contribution in [-0.2, 0) is 14.9 Å². The average Bonchev–Trinajstić information content (AvgIpc) is 3.08. The van der Waals surface area contributed by atoms with E-state index in [1.54, 1.807) is 6.08 Å². The maximum Gasteiger partial charge on any atom is 0.267 e. The number of hydrogen-bond acceptors (Lipinski definition) is 5. The third-order valence-electron chi connectivity index (χ3n) is 9.73. The Morgan fingerprint density at radius 1 is 0.540 bits per heavy atom. The monoisotopic (exact) mass is 728 g/mol. The summed E-state index contributed by atoms with van der Waals surface area (Å²) in [6.07, 6.45) is 42.3. The molecule has 0 aliphatic carbocycles. The van der Waals surface area contributed by atoms with Crippen LogP contribution < -0.4 is 5.32 Å². The topological polar surface area (TPSA) is 124 Å². The fourth-order valence-electron chi connectivity index (χ4n) is 6.45. The summed E-state index contributed by atoms with van der Waals surface area (Å²) in [5.74, 6) is -1.54. The van der Waals surface area contributed by atoms with Crippen LogP contribution >= 0.6 is 0 Å². The zero-order valence-corrected chi connectivity index (χ0v) is 33.5. The van der Waals surface area contributed by atoms with E-state index in [9.17, 15) is 28.0 Å². The quantitative estimate of drug-likeness (QED) is 0.0285. The van der Waals surface area contributed by atoms with Crippen LogP contribution in [0.25, 0.3) is 0 Å². The van der Waals surface area contributed by atoms with Crippen molar-refractivity contribution in [2.24, 2.45) is 0 Å². The van der Waals surface area contributed by atoms with Gasteiger partial charge in [0, 0.05) is 0 Å². The van der Waals surface area contributed by atoms with E-state index in [2.05, 4.69) is 31.3 Å². The van der Waals surface area contributed by atoms with Gasteiger partial charge >= 0.3 is 0 Å². The third-order valence-corrected chi connectivity index (χ3v) is 10.5. The lowest BCUT2D eigenvalue weighted by Gasteiger charge is -2.22. The number of allylic oxidation sites excluding steroid dienone is 3. The van der Waals surface area contributed by atoms with Crippen LogP contribution in [0.15, 0.2) is 24.3 Å². The Kier molecular flexibility index (Phi) is 35.3. The predicted octanol–water partition coefficient (Wildman–Crippen LogP) is 11.3. The molecule has 0 aromatic heterocycles. The summed E-state index contributed by atoms with van der Waals surface area (Å²) in [5.41, 5.74) is 0. The molecule has 0 aliphatic rings. The van der Waals surface area contributed by atoms with Crippen molar-refractivity contribution in [3.05, 3.63) is 24.3 Å². The van der Waals surface area contributed by atoms with E-state index < -0.39 is 40.0 Å². The molecule has 0 spiro atoms. The molecular formula is C42H81NO6S. The number of unbranched alkanes of at least 4 members (excludes halogenated alkanes) is 27. The summed E-state index contributed by atoms with van der Waals surface area (Å²) < 4.78 is 32.5. The summed E-state index contributed by atoms with van der Waals surface area (Å²) in [6, 6.07) is -1.23. The number of carbonyl (C=O) groups is 1. The van der Waals surface area contributed by atoms with Gasteiger partial charge in [-0.25, -0.2) is 0 Å². The molecule has 0 fully saturated rings. The molecule has 8 heteroatoms. The number of nitrogens with one attached hydrogen (secondary N) is 1. The first-order valence-corrected chi connectivity index (χ1v) is 22.8. The largest absolute Gasteiger partial charge is 0.387 e. The lowest BCUT2D eigenvalue weighted by Crippen LogP contribution is -2.50. The molecule has 0 aromatic rings. The first-order chi connectivity index (χ1) is 24.2. The van der Waals surface area contributed by atoms with Gasteiger partial charge in [-0.2, -0.15) is 8.42 Å². The average molecular weight is 728 g/mol. The maximum atomic E-state index is 12.6. The van der Waals surface area contributed by atoms with Crippen LogP contribution in [0.1, 0.15) is 213 Å². The Balaban J connectivity index is 4.02. The molecule has 7 nitrogen and oxygen atoms in total. The molecule has 0 bridgehead atoms. The molecule has 4 N–H and O–H groups in total. The van der Waals surface area contributed by atoms with Crippen LogP contribution in [0.5, 0.6) is 0 Å². The van der Waals surface area contributed by atoms with E-state index >= 15 is 0 Å². The van der Waals surface area contributed by atoms with Crippen LogP contribution in [0, 0.1) is 0 Å². The summed E-state index contributed by atoms with van der Waals surface area (Å²) in [4.78, 5) is 12.6. The number of amides is 1. The smallest absolute Gasteiger partial charge is 0.267 e. The van der Waals surface area contributed by atoms with Gasteiger partial charge in [-0.15, -0.1) is 0 Å². The lowest BCUT2D eigenvalue weighted by molar-refractivity contribution is -0.130. The van der Waals surface area contributed by atoms with Crippen molar-refractivity contribution in [1.29, 1.82) is 0 Å². The Hall–Kier alpha value is -1.22. The highest BCUT2D eigenvalue weighted by Gasteiger charge is 2.27. The standard InChI is InChI=1S/C42H81NO6S/c1-3-5-7-9-11-13-15-17-19-20-21-22-23-25-26-28-30-32-34-36-40(44)39(38-50(47,48)49)43-42(46)41(45)37-35-33-31-29-27-24-18-16-14-12-10-8-6-4-2/h14,16,34,36,39-41,44-45H,3-13,15,17-33,35,37-38H2,1-2H3,(H,43,46)(H,47,48,49)/b16-14-,36-34+. The van der Waals surface area contributed by atoms with Gasteiger partial charge in [-0.05, 0) is 44.9 Å². The van der Waals surface area contributed by atoms with Gasteiger partial charge in [0.1, 0.15) is 6.10 Å². The molecule has 50 heavy (non-hydrogen) atoms. The number of aliphatic hydroxyl groups is 2. The van der Waals surface area contributed by atoms with Gasteiger partial charge in [0.05, 0.1) is 17.9 Å². The maximum absolute atomic E-state index is 12.6. The van der Waals surface area contributed by atoms with Gasteiger partial charge in [0.25, 0.3) is 10.1 Å². The minimum absolute atomic E-state index is 0.274. The van der Waals surface area contributed by atoms with Crippen molar-refractivity contribution in [1.82, 2.24) is 5.32 Å². The lowest BCUT2D eigenvalue weighted by atomic mass is 10.0. The van der Waals surface area contributed by atoms with Crippen molar-refractivity contribution in [3.8, 4) is 0 Å². The minimum atomic E-state index is -4.44. The number of rotatable bonds is 38. The predicted molar refractivity (Wildman–Crippen MR) is 213 cm³/mol. The van der Waals surface area contributed by atoms with E-state index in [1.807, 2.05) is 0 Å². The Morgan fingerprint density at radius 3 is 1.28 bits per heavy atom. The van der Waals surface area contributed by atoms with E-state index in [4.69, 9.17) is 0 Å². The van der Waals surface area contributed by atoms with Crippen molar-refractivity contribution in [2.45, 2.75) is 231 Å². The van der Waals surface area contributed by atoms with Gasteiger partial charge in [-0.1, -0.05) is 192 Å². The molecule has 0 heterocycles. The number of carbonyl (C=O) groups excluding carboxylic acids is 1. The summed E-state index contributed by atoms with van der Waals surface area (Å²) in [5, 5.41) is 23.4. The zero-order valence-electron chi connectivity index (χ0n) is 32.6. The van der Waals surface area contributed by atoms with Crippen LogP contribution in [-0.4, -0.2) is 53.1 Å². The molecule has 296 valence electrons. The fourth-order valence-corrected chi connectivity index (χ4v) is 7.19. The van der Waals surface area contributed by atoms with E-state index in [-0.39, 0.29) is 6.42 Å². The highest BCUT2D eigenvalue weighted by Crippen LogP contribution is 2.15. The molecule has 1 amide bonds. The molecule has 0 aromatic carbocycles. The summed E-state index contributed by atoms with van der Waals surface area (Å²) in [6.45, 7) is 4.50. The minimum Gasteiger partial charge on any atom is -0.387 e. The number of aliphatic hydroxyl groups excluding tert-OH is 2. The molecule has 0 saturated heterocycles. The molecule has 0 rings (SSSR count). The molecular weight excluding hydrogens is 647 g/mol. The van der Waals surface area contributed by atoms with Gasteiger partial charge in [-0.3, -0.25) is 9.35 Å². The Morgan fingerprint density at radius 2 is 0.880 bits per heavy atom. The van der Waals surface area contributed by atoms with Crippen molar-refractivity contribution in [3.63, 3.8) is 0 Å². The Bertz CT molecular complexity index is 906. The molecule has 0 radical (unpaired) electrons. The molecule has 0 saturated carbocycles. The number of hydrogen-bond donors (Lipinski definition) is 4. The van der Waals surface area contributed by atoms with E-state index in [0.29, 0.717) is 6.42 Å². The highest BCUT2D eigenvalue weighted by molar-refractivity contribution is 7.85. The van der Waals surface area contributed by atoms with Crippen molar-refractivity contribution >= 4 is 16.0 Å². The van der Waals surface area contributed by atoms with E-state index in [0.717, 1.165) is 44.9 Å². The normalized spacial score (nSPS) is 14.1. The third kappa shape index (κ3) is 35.2. The molecule has 3 atom stereocenters. The first kappa shape index (κ1) is 48.8. The highest BCUT2D eigenvalue weighted by atomic mass is 32.2. The SMILES string of the molecule is CCCCCC/C=C\CCCCCCCCC(O)C(=O)NC(CS(=O)(=O)O)C(O)/C=C/CCCCCCCCCCCCCCCCCCC. The Labute approximate surface area is 309 Å². The van der Waals surface area contributed by atoms with Gasteiger partial charge in [0.2, 0.25) is 5.91 Å².